The van der Waals surface area contributed by atoms with Gasteiger partial charge in [0.2, 0.25) is 0 Å². The molecule has 0 bridgehead atoms. The van der Waals surface area contributed by atoms with Crippen molar-refractivity contribution in [2.75, 3.05) is 46.5 Å². The largest absolute Gasteiger partial charge is 0.507 e. The minimum absolute atomic E-state index is 0.0118. The van der Waals surface area contributed by atoms with Crippen LogP contribution in [0, 0.1) is 0 Å². The molecule has 2 heterocycles. The van der Waals surface area contributed by atoms with Crippen LogP contribution in [0.1, 0.15) is 37.4 Å². The fraction of sp³-hybridized carbons (Fsp3) is 0.429. The van der Waals surface area contributed by atoms with E-state index in [0.717, 1.165) is 19.6 Å². The number of aliphatic hydroxyl groups is 1. The lowest BCUT2D eigenvalue weighted by atomic mass is 9.94. The molecule has 0 spiro atoms. The molecule has 2 aromatic carbocycles. The Balaban J connectivity index is 1.68. The molecule has 1 amide bonds. The van der Waals surface area contributed by atoms with Crippen molar-refractivity contribution >= 4 is 17.4 Å². The molecule has 2 fully saturated rings. The van der Waals surface area contributed by atoms with Crippen molar-refractivity contribution < 1.29 is 28.9 Å². The number of morpholine rings is 1. The highest BCUT2D eigenvalue weighted by molar-refractivity contribution is 6.46. The van der Waals surface area contributed by atoms with Crippen LogP contribution in [-0.4, -0.2) is 79.2 Å². The predicted octanol–water partition coefficient (Wildman–Crippen LogP) is 3.63. The van der Waals surface area contributed by atoms with Gasteiger partial charge >= 0.3 is 0 Å². The number of ether oxygens (including phenoxy) is 3. The van der Waals surface area contributed by atoms with E-state index in [1.807, 2.05) is 32.0 Å². The standard InChI is InChI=1S/C28H34N2O6/c1-19(2)36-21-11-9-20(10-12-21)26(31)24-25(22-7-4-5-8-23(22)34-3)30(28(33)27(24)32)14-6-13-29-15-17-35-18-16-29/h4-5,7-12,19,25,31H,6,13-18H2,1-3H3/t25-/m1/s1. The first kappa shape index (κ1) is 25.7. The highest BCUT2D eigenvalue weighted by atomic mass is 16.5. The fourth-order valence-corrected chi connectivity index (χ4v) is 4.73. The number of hydrogen-bond acceptors (Lipinski definition) is 7. The summed E-state index contributed by atoms with van der Waals surface area (Å²) in [5.74, 6) is -0.317. The van der Waals surface area contributed by atoms with E-state index in [-0.39, 0.29) is 17.4 Å². The fourth-order valence-electron chi connectivity index (χ4n) is 4.73. The molecule has 0 unspecified atom stereocenters. The number of rotatable bonds is 9. The highest BCUT2D eigenvalue weighted by Gasteiger charge is 2.46. The molecular formula is C28H34N2O6. The van der Waals surface area contributed by atoms with Gasteiger partial charge in [-0.25, -0.2) is 0 Å². The van der Waals surface area contributed by atoms with Gasteiger partial charge in [-0.05, 0) is 50.6 Å². The molecule has 8 heteroatoms. The number of benzene rings is 2. The van der Waals surface area contributed by atoms with Gasteiger partial charge in [0.15, 0.2) is 0 Å². The van der Waals surface area contributed by atoms with E-state index in [1.165, 1.54) is 0 Å². The van der Waals surface area contributed by atoms with Crippen molar-refractivity contribution in [3.63, 3.8) is 0 Å². The molecule has 0 aliphatic carbocycles. The maximum absolute atomic E-state index is 13.3. The van der Waals surface area contributed by atoms with Crippen molar-refractivity contribution in [3.8, 4) is 11.5 Å². The van der Waals surface area contributed by atoms with Gasteiger partial charge in [0.1, 0.15) is 17.3 Å². The van der Waals surface area contributed by atoms with E-state index in [1.54, 1.807) is 42.3 Å². The number of Topliss-reactive ketones (excluding diaryl/α,β-unsaturated/α-hetero) is 1. The molecule has 2 aromatic rings. The number of amides is 1. The number of likely N-dealkylation sites (tertiary alicyclic amines) is 1. The Morgan fingerprint density at radius 2 is 1.75 bits per heavy atom. The minimum atomic E-state index is -0.752. The second kappa shape index (κ2) is 11.6. The van der Waals surface area contributed by atoms with Crippen LogP contribution in [0.3, 0.4) is 0 Å². The van der Waals surface area contributed by atoms with Crippen molar-refractivity contribution in [2.24, 2.45) is 0 Å². The van der Waals surface area contributed by atoms with E-state index < -0.39 is 17.7 Å². The average Bonchev–Trinajstić information content (AvgIpc) is 3.14. The zero-order chi connectivity index (χ0) is 25.7. The number of methoxy groups -OCH3 is 1. The Morgan fingerprint density at radius 3 is 2.42 bits per heavy atom. The average molecular weight is 495 g/mol. The molecule has 0 saturated carbocycles. The number of hydrogen-bond donors (Lipinski definition) is 1. The normalized spacial score (nSPS) is 20.2. The molecule has 2 saturated heterocycles. The van der Waals surface area contributed by atoms with Crippen LogP contribution in [0.2, 0.25) is 0 Å². The molecule has 0 aromatic heterocycles. The first-order valence-electron chi connectivity index (χ1n) is 12.4. The molecule has 0 radical (unpaired) electrons. The molecule has 2 aliphatic heterocycles. The molecule has 192 valence electrons. The van der Waals surface area contributed by atoms with Gasteiger partial charge in [-0.2, -0.15) is 0 Å². The summed E-state index contributed by atoms with van der Waals surface area (Å²) in [6.45, 7) is 8.14. The van der Waals surface area contributed by atoms with E-state index in [9.17, 15) is 14.7 Å². The minimum Gasteiger partial charge on any atom is -0.507 e. The maximum Gasteiger partial charge on any atom is 0.295 e. The lowest BCUT2D eigenvalue weighted by Crippen LogP contribution is -2.39. The summed E-state index contributed by atoms with van der Waals surface area (Å²) in [5, 5.41) is 11.3. The van der Waals surface area contributed by atoms with E-state index in [4.69, 9.17) is 14.2 Å². The van der Waals surface area contributed by atoms with Crippen LogP contribution in [0.25, 0.3) is 5.76 Å². The third-order valence-corrected chi connectivity index (χ3v) is 6.45. The van der Waals surface area contributed by atoms with Crippen LogP contribution in [0.15, 0.2) is 54.1 Å². The molecule has 4 rings (SSSR count). The summed E-state index contributed by atoms with van der Waals surface area (Å²) < 4.78 is 16.7. The monoisotopic (exact) mass is 494 g/mol. The number of nitrogens with zero attached hydrogens (tertiary/aromatic N) is 2. The first-order valence-corrected chi connectivity index (χ1v) is 12.4. The number of aliphatic hydroxyl groups excluding tert-OH is 1. The Kier molecular flexibility index (Phi) is 8.28. The zero-order valence-electron chi connectivity index (χ0n) is 21.1. The van der Waals surface area contributed by atoms with Gasteiger partial charge in [0, 0.05) is 37.3 Å². The Bertz CT molecular complexity index is 1110. The Hall–Kier alpha value is -3.36. The summed E-state index contributed by atoms with van der Waals surface area (Å²) in [7, 11) is 1.55. The van der Waals surface area contributed by atoms with E-state index in [2.05, 4.69) is 4.90 Å². The van der Waals surface area contributed by atoms with Crippen molar-refractivity contribution in [1.82, 2.24) is 9.80 Å². The number of para-hydroxylation sites is 1. The van der Waals surface area contributed by atoms with E-state index in [0.29, 0.717) is 48.8 Å². The van der Waals surface area contributed by atoms with Crippen LogP contribution in [0.5, 0.6) is 11.5 Å². The van der Waals surface area contributed by atoms with Gasteiger partial charge in [0.25, 0.3) is 11.7 Å². The summed E-state index contributed by atoms with van der Waals surface area (Å²) >= 11 is 0. The summed E-state index contributed by atoms with van der Waals surface area (Å²) in [4.78, 5) is 30.4. The van der Waals surface area contributed by atoms with Gasteiger partial charge in [-0.1, -0.05) is 18.2 Å². The number of ketones is 1. The van der Waals surface area contributed by atoms with Crippen LogP contribution in [0.4, 0.5) is 0 Å². The topological polar surface area (TPSA) is 88.5 Å². The summed E-state index contributed by atoms with van der Waals surface area (Å²) in [5.41, 5.74) is 1.16. The quantitative estimate of drug-likeness (QED) is 0.324. The third kappa shape index (κ3) is 5.55. The predicted molar refractivity (Wildman–Crippen MR) is 136 cm³/mol. The first-order chi connectivity index (χ1) is 17.4. The molecule has 2 aliphatic rings. The molecular weight excluding hydrogens is 460 g/mol. The molecule has 1 N–H and O–H groups in total. The second-order valence-corrected chi connectivity index (χ2v) is 9.23. The molecule has 36 heavy (non-hydrogen) atoms. The third-order valence-electron chi connectivity index (χ3n) is 6.45. The van der Waals surface area contributed by atoms with Crippen molar-refractivity contribution in [3.05, 3.63) is 65.2 Å². The molecule has 1 atom stereocenters. The number of carbonyl (C=O) groups excluding carboxylic acids is 2. The van der Waals surface area contributed by atoms with Crippen LogP contribution in [-0.2, 0) is 14.3 Å². The Labute approximate surface area is 212 Å². The number of carbonyl (C=O) groups is 2. The lowest BCUT2D eigenvalue weighted by molar-refractivity contribution is -0.140. The Morgan fingerprint density at radius 1 is 1.06 bits per heavy atom. The summed E-state index contributed by atoms with van der Waals surface area (Å²) in [6.07, 6.45) is 0.706. The summed E-state index contributed by atoms with van der Waals surface area (Å²) in [6, 6.07) is 13.4. The highest BCUT2D eigenvalue weighted by Crippen LogP contribution is 2.42. The smallest absolute Gasteiger partial charge is 0.295 e. The molecule has 8 nitrogen and oxygen atoms in total. The van der Waals surface area contributed by atoms with Crippen LogP contribution < -0.4 is 9.47 Å². The second-order valence-electron chi connectivity index (χ2n) is 9.23. The SMILES string of the molecule is COc1ccccc1[C@@H]1C(=C(O)c2ccc(OC(C)C)cc2)C(=O)C(=O)N1CCCN1CCOCC1. The van der Waals surface area contributed by atoms with Gasteiger partial charge in [-0.3, -0.25) is 14.5 Å². The van der Waals surface area contributed by atoms with Gasteiger partial charge < -0.3 is 24.2 Å². The lowest BCUT2D eigenvalue weighted by Gasteiger charge is -2.29. The van der Waals surface area contributed by atoms with Gasteiger partial charge in [-0.15, -0.1) is 0 Å². The van der Waals surface area contributed by atoms with Crippen molar-refractivity contribution in [1.29, 1.82) is 0 Å². The van der Waals surface area contributed by atoms with Crippen molar-refractivity contribution in [2.45, 2.75) is 32.4 Å². The maximum atomic E-state index is 13.3. The van der Waals surface area contributed by atoms with Gasteiger partial charge in [0.05, 0.1) is 38.0 Å². The zero-order valence-corrected chi connectivity index (χ0v) is 21.1. The van der Waals surface area contributed by atoms with Crippen LogP contribution >= 0.6 is 0 Å². The van der Waals surface area contributed by atoms with E-state index >= 15 is 0 Å².